The van der Waals surface area contributed by atoms with Crippen LogP contribution in [0, 0.1) is 0 Å². The van der Waals surface area contributed by atoms with Crippen molar-refractivity contribution in [3.05, 3.63) is 0 Å². The smallest absolute Gasteiger partial charge is 0.408 e. The van der Waals surface area contributed by atoms with Gasteiger partial charge in [-0.25, -0.2) is 9.59 Å². The van der Waals surface area contributed by atoms with E-state index in [4.69, 9.17) is 14.2 Å². The van der Waals surface area contributed by atoms with Crippen molar-refractivity contribution in [2.45, 2.75) is 136 Å². The summed E-state index contributed by atoms with van der Waals surface area (Å²) in [6, 6.07) is -0.920. The molecule has 1 unspecified atom stereocenters. The van der Waals surface area contributed by atoms with Crippen LogP contribution in [0.1, 0.15) is 101 Å². The van der Waals surface area contributed by atoms with E-state index in [1.165, 1.54) is 6.92 Å². The highest BCUT2D eigenvalue weighted by molar-refractivity contribution is 5.85. The Labute approximate surface area is 221 Å². The number of hydrogen-bond donors (Lipinski definition) is 3. The van der Waals surface area contributed by atoms with E-state index in [2.05, 4.69) is 16.0 Å². The average molecular weight is 530 g/mol. The summed E-state index contributed by atoms with van der Waals surface area (Å²) in [5.74, 6) is -0.940. The second-order valence-electron chi connectivity index (χ2n) is 11.0. The summed E-state index contributed by atoms with van der Waals surface area (Å²) in [7, 11) is 0. The number of carbonyl (C=O) groups is 5. The van der Waals surface area contributed by atoms with Crippen molar-refractivity contribution in [1.29, 1.82) is 0 Å². The molecule has 3 N–H and O–H groups in total. The van der Waals surface area contributed by atoms with Crippen LogP contribution in [0.3, 0.4) is 0 Å². The van der Waals surface area contributed by atoms with Gasteiger partial charge >= 0.3 is 18.2 Å². The van der Waals surface area contributed by atoms with Gasteiger partial charge in [-0.2, -0.15) is 0 Å². The first-order valence-electron chi connectivity index (χ1n) is 12.9. The fraction of sp³-hybridized carbons (Fsp3) is 0.808. The molecular weight excluding hydrogens is 482 g/mol. The number of nitrogens with one attached hydrogen (secondary N) is 3. The summed E-state index contributed by atoms with van der Waals surface area (Å²) in [6.07, 6.45) is 3.06. The summed E-state index contributed by atoms with van der Waals surface area (Å²) in [6.45, 7) is 15.7. The van der Waals surface area contributed by atoms with Crippen LogP contribution in [0.25, 0.3) is 0 Å². The Morgan fingerprint density at radius 1 is 0.865 bits per heavy atom. The second kappa shape index (κ2) is 16.1. The Kier molecular flexibility index (Phi) is 14.8. The summed E-state index contributed by atoms with van der Waals surface area (Å²) in [5.41, 5.74) is -1.17. The van der Waals surface area contributed by atoms with Crippen molar-refractivity contribution in [1.82, 2.24) is 16.0 Å². The Balaban J connectivity index is 0.000000795. The minimum Gasteiger partial charge on any atom is -0.450 e. The van der Waals surface area contributed by atoms with E-state index in [-0.39, 0.29) is 11.9 Å². The third-order valence-electron chi connectivity index (χ3n) is 4.61. The fourth-order valence-electron chi connectivity index (χ4n) is 3.02. The van der Waals surface area contributed by atoms with Gasteiger partial charge in [-0.05, 0) is 67.2 Å². The number of rotatable bonds is 11. The number of ether oxygens (including phenoxy) is 3. The van der Waals surface area contributed by atoms with Gasteiger partial charge in [0.05, 0.1) is 12.1 Å². The molecule has 1 rings (SSSR count). The standard InChI is InChI=1S/C16H28N2O5.C10H19NO3/c1-6-7-12(18-15(21)23-16(3,4)5)13(22-10(2)19)14(20)17-11-8-9-11;1-5-6-8(7-12)11-9(13)14-10(2,3)4/h11-13H,6-9H2,1-5H3,(H,17,20)(H,18,21);7-8H,5-6H2,1-4H3,(H,11,13)/t12-,13?;8-/m00/s1. The van der Waals surface area contributed by atoms with Crippen molar-refractivity contribution in [2.24, 2.45) is 0 Å². The van der Waals surface area contributed by atoms with Crippen LogP contribution in [0.4, 0.5) is 9.59 Å². The molecule has 0 spiro atoms. The van der Waals surface area contributed by atoms with Crippen LogP contribution in [-0.4, -0.2) is 65.8 Å². The van der Waals surface area contributed by atoms with Gasteiger partial charge in [-0.1, -0.05) is 26.7 Å². The average Bonchev–Trinajstić information content (AvgIpc) is 3.53. The van der Waals surface area contributed by atoms with Crippen molar-refractivity contribution >= 4 is 30.3 Å². The van der Waals surface area contributed by atoms with E-state index in [0.717, 1.165) is 32.0 Å². The summed E-state index contributed by atoms with van der Waals surface area (Å²) in [4.78, 5) is 57.4. The molecule has 37 heavy (non-hydrogen) atoms. The zero-order chi connectivity index (χ0) is 28.8. The monoisotopic (exact) mass is 529 g/mol. The number of esters is 1. The first kappa shape index (κ1) is 34.1. The number of amides is 3. The molecule has 1 aliphatic carbocycles. The highest BCUT2D eigenvalue weighted by atomic mass is 16.6. The maximum absolute atomic E-state index is 12.3. The lowest BCUT2D eigenvalue weighted by Crippen LogP contribution is -2.53. The molecule has 3 amide bonds. The number of alkyl carbamates (subject to hydrolysis) is 2. The lowest BCUT2D eigenvalue weighted by Gasteiger charge is -2.28. The molecule has 0 radical (unpaired) electrons. The first-order chi connectivity index (χ1) is 17.0. The molecular formula is C26H47N3O8. The lowest BCUT2D eigenvalue weighted by atomic mass is 10.0. The van der Waals surface area contributed by atoms with Gasteiger partial charge in [0.25, 0.3) is 5.91 Å². The fourth-order valence-corrected chi connectivity index (χ4v) is 3.02. The molecule has 3 atom stereocenters. The van der Waals surface area contributed by atoms with Gasteiger partial charge in [0.1, 0.15) is 17.5 Å². The topological polar surface area (TPSA) is 149 Å². The largest absolute Gasteiger partial charge is 0.450 e. The predicted octanol–water partition coefficient (Wildman–Crippen LogP) is 3.77. The zero-order valence-electron chi connectivity index (χ0n) is 23.9. The molecule has 0 aromatic carbocycles. The van der Waals surface area contributed by atoms with Gasteiger partial charge in [0.15, 0.2) is 6.10 Å². The molecule has 0 bridgehead atoms. The molecule has 0 aromatic heterocycles. The van der Waals surface area contributed by atoms with Crippen LogP contribution >= 0.6 is 0 Å². The van der Waals surface area contributed by atoms with E-state index in [1.807, 2.05) is 13.8 Å². The maximum atomic E-state index is 12.3. The van der Waals surface area contributed by atoms with E-state index in [9.17, 15) is 24.0 Å². The minimum absolute atomic E-state index is 0.143. The Bertz CT molecular complexity index is 754. The van der Waals surface area contributed by atoms with E-state index in [1.54, 1.807) is 41.5 Å². The Morgan fingerprint density at radius 3 is 1.73 bits per heavy atom. The molecule has 1 aliphatic rings. The number of aldehydes is 1. The van der Waals surface area contributed by atoms with Gasteiger partial charge in [-0.15, -0.1) is 0 Å². The number of hydrogen-bond acceptors (Lipinski definition) is 8. The van der Waals surface area contributed by atoms with Crippen LogP contribution in [0.5, 0.6) is 0 Å². The van der Waals surface area contributed by atoms with E-state index < -0.39 is 47.5 Å². The second-order valence-corrected chi connectivity index (χ2v) is 11.0. The van der Waals surface area contributed by atoms with Gasteiger partial charge in [0, 0.05) is 13.0 Å². The molecule has 1 fully saturated rings. The van der Waals surface area contributed by atoms with Gasteiger partial charge in [0.2, 0.25) is 0 Å². The van der Waals surface area contributed by atoms with Crippen LogP contribution in [0.2, 0.25) is 0 Å². The van der Waals surface area contributed by atoms with Crippen LogP contribution in [0.15, 0.2) is 0 Å². The lowest BCUT2D eigenvalue weighted by molar-refractivity contribution is -0.156. The SMILES string of the molecule is CCC[C@@H](C=O)NC(=O)OC(C)(C)C.CCC[C@H](NC(=O)OC(C)(C)C)C(OC(C)=O)C(=O)NC1CC1. The summed E-state index contributed by atoms with van der Waals surface area (Å²) < 4.78 is 15.4. The normalized spacial score (nSPS) is 15.5. The molecule has 0 aromatic rings. The first-order valence-corrected chi connectivity index (χ1v) is 12.9. The third-order valence-corrected chi connectivity index (χ3v) is 4.61. The Morgan fingerprint density at radius 2 is 1.35 bits per heavy atom. The van der Waals surface area contributed by atoms with E-state index >= 15 is 0 Å². The van der Waals surface area contributed by atoms with Crippen molar-refractivity contribution in [3.8, 4) is 0 Å². The molecule has 11 heteroatoms. The Hall–Kier alpha value is -2.85. The molecule has 11 nitrogen and oxygen atoms in total. The molecule has 0 aliphatic heterocycles. The highest BCUT2D eigenvalue weighted by Gasteiger charge is 2.36. The third kappa shape index (κ3) is 18.1. The van der Waals surface area contributed by atoms with Crippen LogP contribution in [-0.2, 0) is 28.6 Å². The number of carbonyl (C=O) groups excluding carboxylic acids is 5. The zero-order valence-corrected chi connectivity index (χ0v) is 23.9. The minimum atomic E-state index is -1.06. The maximum Gasteiger partial charge on any atom is 0.408 e. The molecule has 0 saturated heterocycles. The molecule has 0 heterocycles. The summed E-state index contributed by atoms with van der Waals surface area (Å²) >= 11 is 0. The van der Waals surface area contributed by atoms with Crippen molar-refractivity contribution in [2.75, 3.05) is 0 Å². The van der Waals surface area contributed by atoms with E-state index in [0.29, 0.717) is 12.8 Å². The molecule has 1 saturated carbocycles. The van der Waals surface area contributed by atoms with Crippen LogP contribution < -0.4 is 16.0 Å². The van der Waals surface area contributed by atoms with Gasteiger partial charge < -0.3 is 35.0 Å². The quantitative estimate of drug-likeness (QED) is 0.208. The van der Waals surface area contributed by atoms with Crippen molar-refractivity contribution < 1.29 is 38.2 Å². The summed E-state index contributed by atoms with van der Waals surface area (Å²) in [5, 5.41) is 7.96. The van der Waals surface area contributed by atoms with Crippen molar-refractivity contribution in [3.63, 3.8) is 0 Å². The highest BCUT2D eigenvalue weighted by Crippen LogP contribution is 2.20. The predicted molar refractivity (Wildman–Crippen MR) is 139 cm³/mol. The molecule has 214 valence electrons. The van der Waals surface area contributed by atoms with Gasteiger partial charge in [-0.3, -0.25) is 9.59 Å².